The molecule has 0 saturated carbocycles. The lowest BCUT2D eigenvalue weighted by Gasteiger charge is -2.25. The van der Waals surface area contributed by atoms with Crippen LogP contribution in [0.2, 0.25) is 0 Å². The van der Waals surface area contributed by atoms with Gasteiger partial charge in [-0.05, 0) is 11.0 Å². The summed E-state index contributed by atoms with van der Waals surface area (Å²) in [6.45, 7) is 5.84. The minimum atomic E-state index is -3.44. The minimum absolute atomic E-state index is 0.0345. The molecule has 0 aliphatic carbocycles. The highest BCUT2D eigenvalue weighted by Crippen LogP contribution is 2.16. The molecule has 4 N–H and O–H groups in total. The van der Waals surface area contributed by atoms with Gasteiger partial charge < -0.3 is 11.1 Å². The van der Waals surface area contributed by atoms with Gasteiger partial charge in [0.15, 0.2) is 0 Å². The maximum atomic E-state index is 11.9. The fourth-order valence-electron chi connectivity index (χ4n) is 1.67. The van der Waals surface area contributed by atoms with Crippen LogP contribution >= 0.6 is 0 Å². The first-order valence-electron chi connectivity index (χ1n) is 7.16. The number of nitrogens with one attached hydrogen (secondary N) is 2. The second kappa shape index (κ2) is 7.71. The number of rotatable bonds is 7. The molecule has 7 heteroatoms. The van der Waals surface area contributed by atoms with Crippen molar-refractivity contribution in [3.05, 3.63) is 35.9 Å². The zero-order chi connectivity index (χ0) is 16.8. The summed E-state index contributed by atoms with van der Waals surface area (Å²) >= 11 is 0. The average Bonchev–Trinajstić information content (AvgIpc) is 2.44. The molecule has 6 nitrogen and oxygen atoms in total. The lowest BCUT2D eigenvalue weighted by Crippen LogP contribution is -2.49. The van der Waals surface area contributed by atoms with E-state index in [1.807, 2.05) is 51.1 Å². The van der Waals surface area contributed by atoms with Crippen LogP contribution in [0.3, 0.4) is 0 Å². The molecule has 1 rings (SSSR count). The Balaban J connectivity index is 2.38. The van der Waals surface area contributed by atoms with E-state index in [0.29, 0.717) is 0 Å². The number of amides is 1. The molecule has 0 aromatic heterocycles. The van der Waals surface area contributed by atoms with Gasteiger partial charge in [0.25, 0.3) is 0 Å². The lowest BCUT2D eigenvalue weighted by atomic mass is 9.87. The predicted molar refractivity (Wildman–Crippen MR) is 87.5 cm³/mol. The van der Waals surface area contributed by atoms with Crippen molar-refractivity contribution in [3.8, 4) is 0 Å². The van der Waals surface area contributed by atoms with Gasteiger partial charge in [0.1, 0.15) is 0 Å². The number of hydrogen-bond donors (Lipinski definition) is 3. The molecule has 0 aliphatic rings. The maximum Gasteiger partial charge on any atom is 0.237 e. The molecule has 1 aromatic carbocycles. The number of nitrogens with two attached hydrogens (primary N) is 1. The highest BCUT2D eigenvalue weighted by Gasteiger charge is 2.27. The van der Waals surface area contributed by atoms with Gasteiger partial charge in [-0.15, -0.1) is 0 Å². The molecule has 1 aromatic rings. The van der Waals surface area contributed by atoms with Gasteiger partial charge in [-0.1, -0.05) is 51.1 Å². The first-order chi connectivity index (χ1) is 10.1. The van der Waals surface area contributed by atoms with Crippen molar-refractivity contribution >= 4 is 15.9 Å². The number of hydrogen-bond acceptors (Lipinski definition) is 4. The SMILES string of the molecule is CC(C)(C)[C@H](N)C(=O)NCCS(=O)(=O)NCc1ccccc1. The second-order valence-electron chi connectivity index (χ2n) is 6.26. The molecule has 0 heterocycles. The van der Waals surface area contributed by atoms with E-state index in [4.69, 9.17) is 5.73 Å². The van der Waals surface area contributed by atoms with E-state index < -0.39 is 16.1 Å². The standard InChI is InChI=1S/C15H25N3O3S/c1-15(2,3)13(16)14(19)17-9-10-22(20,21)18-11-12-7-5-4-6-8-12/h4-8,13,18H,9-11,16H2,1-3H3,(H,17,19)/t13-/m1/s1. The van der Waals surface area contributed by atoms with E-state index in [-0.39, 0.29) is 30.2 Å². The van der Waals surface area contributed by atoms with Gasteiger partial charge in [-0.3, -0.25) is 4.79 Å². The Morgan fingerprint density at radius 3 is 2.36 bits per heavy atom. The number of carbonyl (C=O) groups excluding carboxylic acids is 1. The third-order valence-corrected chi connectivity index (χ3v) is 4.55. The summed E-state index contributed by atoms with van der Waals surface area (Å²) < 4.78 is 26.2. The van der Waals surface area contributed by atoms with Crippen molar-refractivity contribution < 1.29 is 13.2 Å². The van der Waals surface area contributed by atoms with E-state index >= 15 is 0 Å². The van der Waals surface area contributed by atoms with Gasteiger partial charge in [0.2, 0.25) is 15.9 Å². The van der Waals surface area contributed by atoms with Gasteiger partial charge in [0.05, 0.1) is 11.8 Å². The topological polar surface area (TPSA) is 101 Å². The average molecular weight is 327 g/mol. The smallest absolute Gasteiger partial charge is 0.237 e. The molecule has 0 bridgehead atoms. The van der Waals surface area contributed by atoms with Crippen molar-refractivity contribution in [1.82, 2.24) is 10.0 Å². The molecule has 0 radical (unpaired) electrons. The highest BCUT2D eigenvalue weighted by atomic mass is 32.2. The molecule has 0 saturated heterocycles. The van der Waals surface area contributed by atoms with Crippen LogP contribution in [0, 0.1) is 5.41 Å². The molecule has 1 atom stereocenters. The van der Waals surface area contributed by atoms with E-state index in [1.165, 1.54) is 0 Å². The van der Waals surface area contributed by atoms with Crippen LogP contribution in [-0.2, 0) is 21.4 Å². The van der Waals surface area contributed by atoms with Gasteiger partial charge >= 0.3 is 0 Å². The fraction of sp³-hybridized carbons (Fsp3) is 0.533. The Morgan fingerprint density at radius 2 is 1.82 bits per heavy atom. The summed E-state index contributed by atoms with van der Waals surface area (Å²) in [4.78, 5) is 11.8. The summed E-state index contributed by atoms with van der Waals surface area (Å²) in [5.41, 5.74) is 6.31. The first-order valence-corrected chi connectivity index (χ1v) is 8.81. The molecule has 0 spiro atoms. The van der Waals surface area contributed by atoms with E-state index in [2.05, 4.69) is 10.0 Å². The molecule has 124 valence electrons. The van der Waals surface area contributed by atoms with Crippen molar-refractivity contribution in [1.29, 1.82) is 0 Å². The summed E-state index contributed by atoms with van der Waals surface area (Å²) in [5.74, 6) is -0.520. The normalized spacial score (nSPS) is 13.6. The van der Waals surface area contributed by atoms with E-state index in [1.54, 1.807) is 0 Å². The van der Waals surface area contributed by atoms with Crippen LogP contribution < -0.4 is 15.8 Å². The van der Waals surface area contributed by atoms with Crippen molar-refractivity contribution in [3.63, 3.8) is 0 Å². The van der Waals surface area contributed by atoms with Crippen molar-refractivity contribution in [2.45, 2.75) is 33.4 Å². The van der Waals surface area contributed by atoms with Gasteiger partial charge in [0, 0.05) is 13.1 Å². The van der Waals surface area contributed by atoms with Crippen LogP contribution in [0.1, 0.15) is 26.3 Å². The number of sulfonamides is 1. The Kier molecular flexibility index (Phi) is 6.52. The first kappa shape index (κ1) is 18.6. The summed E-state index contributed by atoms with van der Waals surface area (Å²) in [5, 5.41) is 2.56. The van der Waals surface area contributed by atoms with Crippen LogP contribution in [0.25, 0.3) is 0 Å². The number of carbonyl (C=O) groups is 1. The largest absolute Gasteiger partial charge is 0.354 e. The third kappa shape index (κ3) is 6.55. The predicted octanol–water partition coefficient (Wildman–Crippen LogP) is 0.596. The van der Waals surface area contributed by atoms with Crippen LogP contribution in [0.15, 0.2) is 30.3 Å². The Hall–Kier alpha value is -1.44. The zero-order valence-electron chi connectivity index (χ0n) is 13.3. The molecule has 0 unspecified atom stereocenters. The monoisotopic (exact) mass is 327 g/mol. The Bertz CT molecular complexity index is 580. The summed E-state index contributed by atoms with van der Waals surface area (Å²) in [7, 11) is -3.44. The minimum Gasteiger partial charge on any atom is -0.354 e. The molecule has 1 amide bonds. The van der Waals surface area contributed by atoms with Crippen molar-refractivity contribution in [2.75, 3.05) is 12.3 Å². The molecule has 0 aliphatic heterocycles. The molecular weight excluding hydrogens is 302 g/mol. The third-order valence-electron chi connectivity index (χ3n) is 3.22. The summed E-state index contributed by atoms with van der Waals surface area (Å²) in [6.07, 6.45) is 0. The molecule has 0 fully saturated rings. The van der Waals surface area contributed by atoms with Crippen LogP contribution in [0.4, 0.5) is 0 Å². The van der Waals surface area contributed by atoms with Gasteiger partial charge in [-0.25, -0.2) is 13.1 Å². The quantitative estimate of drug-likeness (QED) is 0.682. The molecular formula is C15H25N3O3S. The number of benzene rings is 1. The van der Waals surface area contributed by atoms with E-state index in [9.17, 15) is 13.2 Å². The Labute approximate surface area is 132 Å². The van der Waals surface area contributed by atoms with Crippen LogP contribution in [-0.4, -0.2) is 32.7 Å². The van der Waals surface area contributed by atoms with Crippen LogP contribution in [0.5, 0.6) is 0 Å². The van der Waals surface area contributed by atoms with E-state index in [0.717, 1.165) is 5.56 Å². The molecule has 22 heavy (non-hydrogen) atoms. The maximum absolute atomic E-state index is 11.9. The lowest BCUT2D eigenvalue weighted by molar-refractivity contribution is -0.124. The van der Waals surface area contributed by atoms with Crippen molar-refractivity contribution in [2.24, 2.45) is 11.1 Å². The summed E-state index contributed by atoms with van der Waals surface area (Å²) in [6, 6.07) is 8.56. The highest BCUT2D eigenvalue weighted by molar-refractivity contribution is 7.89. The van der Waals surface area contributed by atoms with Gasteiger partial charge in [-0.2, -0.15) is 0 Å². The Morgan fingerprint density at radius 1 is 1.23 bits per heavy atom. The fourth-order valence-corrected chi connectivity index (χ4v) is 2.57. The second-order valence-corrected chi connectivity index (χ2v) is 8.19. The zero-order valence-corrected chi connectivity index (χ0v) is 14.1.